The summed E-state index contributed by atoms with van der Waals surface area (Å²) < 4.78 is 0. The maximum atomic E-state index is 6.00. The highest BCUT2D eigenvalue weighted by Gasteiger charge is 2.06. The maximum Gasteiger partial charge on any atom is 0.0737 e. The molecule has 1 aromatic heterocycles. The summed E-state index contributed by atoms with van der Waals surface area (Å²) in [7, 11) is 2.17. The SMILES string of the molecule is CCC(C)N(C)CCNc1ccnc2cc(Cl)ccc12. The number of halogens is 1. The normalized spacial score (nSPS) is 12.8. The maximum absolute atomic E-state index is 6.00. The fraction of sp³-hybridized carbons (Fsp3) is 0.438. The molecule has 0 fully saturated rings. The van der Waals surface area contributed by atoms with Crippen LogP contribution in [0.15, 0.2) is 30.5 Å². The average molecular weight is 292 g/mol. The monoisotopic (exact) mass is 291 g/mol. The lowest BCUT2D eigenvalue weighted by atomic mass is 10.2. The molecule has 0 spiro atoms. The number of rotatable bonds is 6. The molecule has 4 heteroatoms. The molecule has 1 atom stereocenters. The van der Waals surface area contributed by atoms with Crippen molar-refractivity contribution >= 4 is 28.2 Å². The number of anilines is 1. The lowest BCUT2D eigenvalue weighted by Crippen LogP contribution is -2.32. The molecule has 0 radical (unpaired) electrons. The van der Waals surface area contributed by atoms with E-state index < -0.39 is 0 Å². The van der Waals surface area contributed by atoms with Crippen LogP contribution in [0.1, 0.15) is 20.3 Å². The Kier molecular flexibility index (Phi) is 5.21. The first kappa shape index (κ1) is 15.1. The van der Waals surface area contributed by atoms with Gasteiger partial charge in [0, 0.05) is 41.4 Å². The number of likely N-dealkylation sites (N-methyl/N-ethyl adjacent to an activating group) is 1. The van der Waals surface area contributed by atoms with E-state index in [0.29, 0.717) is 6.04 Å². The summed E-state index contributed by atoms with van der Waals surface area (Å²) in [6.07, 6.45) is 2.99. The molecule has 2 aromatic rings. The Balaban J connectivity index is 2.03. The highest BCUT2D eigenvalue weighted by molar-refractivity contribution is 6.31. The van der Waals surface area contributed by atoms with Crippen LogP contribution in [0.4, 0.5) is 5.69 Å². The lowest BCUT2D eigenvalue weighted by Gasteiger charge is -2.23. The van der Waals surface area contributed by atoms with Crippen LogP contribution >= 0.6 is 11.6 Å². The second-order valence-electron chi connectivity index (χ2n) is 5.18. The molecule has 0 aliphatic carbocycles. The van der Waals surface area contributed by atoms with E-state index >= 15 is 0 Å². The third-order valence-corrected chi connectivity index (χ3v) is 4.06. The van der Waals surface area contributed by atoms with Gasteiger partial charge in [0.15, 0.2) is 0 Å². The molecular weight excluding hydrogens is 270 g/mol. The predicted molar refractivity (Wildman–Crippen MR) is 87.6 cm³/mol. The molecule has 1 N–H and O–H groups in total. The molecule has 2 rings (SSSR count). The van der Waals surface area contributed by atoms with E-state index in [2.05, 4.69) is 36.1 Å². The number of nitrogens with one attached hydrogen (secondary N) is 1. The van der Waals surface area contributed by atoms with Crippen molar-refractivity contribution in [2.45, 2.75) is 26.3 Å². The largest absolute Gasteiger partial charge is 0.383 e. The third-order valence-electron chi connectivity index (χ3n) is 3.83. The summed E-state index contributed by atoms with van der Waals surface area (Å²) in [6.45, 7) is 6.41. The van der Waals surface area contributed by atoms with E-state index in [4.69, 9.17) is 11.6 Å². The average Bonchev–Trinajstić information content (AvgIpc) is 2.46. The Morgan fingerprint density at radius 1 is 1.35 bits per heavy atom. The molecule has 20 heavy (non-hydrogen) atoms. The van der Waals surface area contributed by atoms with Crippen molar-refractivity contribution in [3.8, 4) is 0 Å². The summed E-state index contributed by atoms with van der Waals surface area (Å²) >= 11 is 6.00. The first-order chi connectivity index (χ1) is 9.61. The van der Waals surface area contributed by atoms with Gasteiger partial charge in [0.2, 0.25) is 0 Å². The van der Waals surface area contributed by atoms with Crippen LogP contribution in [0.25, 0.3) is 10.9 Å². The molecule has 0 aliphatic rings. The van der Waals surface area contributed by atoms with Crippen LogP contribution < -0.4 is 5.32 Å². The van der Waals surface area contributed by atoms with E-state index in [0.717, 1.165) is 34.7 Å². The van der Waals surface area contributed by atoms with Crippen molar-refractivity contribution < 1.29 is 0 Å². The van der Waals surface area contributed by atoms with Gasteiger partial charge >= 0.3 is 0 Å². The van der Waals surface area contributed by atoms with E-state index in [1.165, 1.54) is 6.42 Å². The molecule has 108 valence electrons. The quantitative estimate of drug-likeness (QED) is 0.871. The molecule has 1 unspecified atom stereocenters. The second kappa shape index (κ2) is 6.91. The Morgan fingerprint density at radius 3 is 2.90 bits per heavy atom. The summed E-state index contributed by atoms with van der Waals surface area (Å²) in [4.78, 5) is 6.72. The van der Waals surface area contributed by atoms with Gasteiger partial charge in [-0.25, -0.2) is 0 Å². The summed E-state index contributed by atoms with van der Waals surface area (Å²) in [5.74, 6) is 0. The Labute approximate surface area is 126 Å². The first-order valence-corrected chi connectivity index (χ1v) is 7.48. The van der Waals surface area contributed by atoms with Gasteiger partial charge in [-0.05, 0) is 44.7 Å². The Bertz CT molecular complexity index is 571. The van der Waals surface area contributed by atoms with Crippen molar-refractivity contribution in [1.82, 2.24) is 9.88 Å². The van der Waals surface area contributed by atoms with E-state index in [1.807, 2.05) is 30.5 Å². The smallest absolute Gasteiger partial charge is 0.0737 e. The summed E-state index contributed by atoms with van der Waals surface area (Å²) in [5.41, 5.74) is 2.04. The van der Waals surface area contributed by atoms with E-state index in [1.54, 1.807) is 0 Å². The standard InChI is InChI=1S/C16H22ClN3/c1-4-12(2)20(3)10-9-19-15-7-8-18-16-11-13(17)5-6-14(15)16/h5-8,11-12H,4,9-10H2,1-3H3,(H,18,19). The number of aromatic nitrogens is 1. The fourth-order valence-corrected chi connectivity index (χ4v) is 2.34. The Morgan fingerprint density at radius 2 is 2.15 bits per heavy atom. The zero-order chi connectivity index (χ0) is 14.5. The number of fused-ring (bicyclic) bond motifs is 1. The van der Waals surface area contributed by atoms with Crippen molar-refractivity contribution in [1.29, 1.82) is 0 Å². The van der Waals surface area contributed by atoms with Gasteiger partial charge in [-0.15, -0.1) is 0 Å². The van der Waals surface area contributed by atoms with Gasteiger partial charge < -0.3 is 10.2 Å². The molecular formula is C16H22ClN3. The number of benzene rings is 1. The van der Waals surface area contributed by atoms with Gasteiger partial charge in [-0.3, -0.25) is 4.98 Å². The second-order valence-corrected chi connectivity index (χ2v) is 5.62. The van der Waals surface area contributed by atoms with Crippen LogP contribution in [0.3, 0.4) is 0 Å². The van der Waals surface area contributed by atoms with Gasteiger partial charge in [0.25, 0.3) is 0 Å². The predicted octanol–water partition coefficient (Wildman–Crippen LogP) is 4.03. The number of pyridine rings is 1. The molecule has 3 nitrogen and oxygen atoms in total. The van der Waals surface area contributed by atoms with E-state index in [9.17, 15) is 0 Å². The molecule has 0 bridgehead atoms. The first-order valence-electron chi connectivity index (χ1n) is 7.10. The van der Waals surface area contributed by atoms with Crippen molar-refractivity contribution in [3.05, 3.63) is 35.5 Å². The van der Waals surface area contributed by atoms with Gasteiger partial charge in [-0.1, -0.05) is 18.5 Å². The molecule has 0 saturated heterocycles. The molecule has 0 aliphatic heterocycles. The highest BCUT2D eigenvalue weighted by Crippen LogP contribution is 2.24. The number of nitrogens with zero attached hydrogens (tertiary/aromatic N) is 2. The highest BCUT2D eigenvalue weighted by atomic mass is 35.5. The molecule has 0 saturated carbocycles. The topological polar surface area (TPSA) is 28.2 Å². The van der Waals surface area contributed by atoms with Crippen molar-refractivity contribution in [2.75, 3.05) is 25.5 Å². The fourth-order valence-electron chi connectivity index (χ4n) is 2.17. The van der Waals surface area contributed by atoms with Crippen LogP contribution in [-0.4, -0.2) is 36.1 Å². The Hall–Kier alpha value is -1.32. The molecule has 1 aromatic carbocycles. The van der Waals surface area contributed by atoms with Gasteiger partial charge in [-0.2, -0.15) is 0 Å². The van der Waals surface area contributed by atoms with Crippen LogP contribution in [0, 0.1) is 0 Å². The van der Waals surface area contributed by atoms with Crippen LogP contribution in [0.2, 0.25) is 5.02 Å². The minimum atomic E-state index is 0.616. The van der Waals surface area contributed by atoms with Crippen LogP contribution in [-0.2, 0) is 0 Å². The summed E-state index contributed by atoms with van der Waals surface area (Å²) in [5, 5.41) is 5.33. The number of hydrogen-bond donors (Lipinski definition) is 1. The minimum Gasteiger partial charge on any atom is -0.383 e. The lowest BCUT2D eigenvalue weighted by molar-refractivity contribution is 0.261. The van der Waals surface area contributed by atoms with Gasteiger partial charge in [0.1, 0.15) is 0 Å². The van der Waals surface area contributed by atoms with Gasteiger partial charge in [0.05, 0.1) is 5.52 Å². The molecule has 1 heterocycles. The molecule has 0 amide bonds. The minimum absolute atomic E-state index is 0.616. The zero-order valence-corrected chi connectivity index (χ0v) is 13.1. The van der Waals surface area contributed by atoms with Crippen LogP contribution in [0.5, 0.6) is 0 Å². The third kappa shape index (κ3) is 3.62. The van der Waals surface area contributed by atoms with E-state index in [-0.39, 0.29) is 0 Å². The summed E-state index contributed by atoms with van der Waals surface area (Å²) in [6, 6.07) is 8.45. The van der Waals surface area contributed by atoms with Crippen molar-refractivity contribution in [2.24, 2.45) is 0 Å². The van der Waals surface area contributed by atoms with Crippen molar-refractivity contribution in [3.63, 3.8) is 0 Å². The zero-order valence-electron chi connectivity index (χ0n) is 12.4. The number of hydrogen-bond acceptors (Lipinski definition) is 3.